The predicted molar refractivity (Wildman–Crippen MR) is 97.2 cm³/mol. The van der Waals surface area contributed by atoms with Crippen molar-refractivity contribution >= 4 is 11.8 Å². The largest absolute Gasteiger partial charge is 0.310 e. The van der Waals surface area contributed by atoms with Crippen LogP contribution in [0.3, 0.4) is 0 Å². The zero-order valence-corrected chi connectivity index (χ0v) is 15.1. The van der Waals surface area contributed by atoms with E-state index in [1.54, 1.807) is 0 Å². The van der Waals surface area contributed by atoms with Crippen LogP contribution < -0.4 is 5.32 Å². The van der Waals surface area contributed by atoms with Crippen LogP contribution in [0.1, 0.15) is 71.4 Å². The molecule has 2 atom stereocenters. The highest BCUT2D eigenvalue weighted by atomic mass is 32.2. The Morgan fingerprint density at radius 1 is 1.05 bits per heavy atom. The molecule has 0 spiro atoms. The highest BCUT2D eigenvalue weighted by Crippen LogP contribution is 2.26. The van der Waals surface area contributed by atoms with Gasteiger partial charge in [-0.2, -0.15) is 0 Å². The summed E-state index contributed by atoms with van der Waals surface area (Å²) >= 11 is 2.02. The molecule has 0 fully saturated rings. The molecule has 2 unspecified atom stereocenters. The standard InChI is InChI=1S/C19H33NS/c1-5-8-9-17(7-3)15-21-19-12-10-18(11-13-19)16(4)20-14-6-2/h10-13,16-17,20H,5-9,14-15H2,1-4H3. The molecule has 1 N–H and O–H groups in total. The van der Waals surface area contributed by atoms with Crippen LogP contribution in [0.25, 0.3) is 0 Å². The summed E-state index contributed by atoms with van der Waals surface area (Å²) < 4.78 is 0. The van der Waals surface area contributed by atoms with Gasteiger partial charge in [-0.05, 0) is 49.9 Å². The normalized spacial score (nSPS) is 14.1. The van der Waals surface area contributed by atoms with E-state index in [1.165, 1.54) is 48.3 Å². The van der Waals surface area contributed by atoms with Crippen LogP contribution in [0, 0.1) is 5.92 Å². The molecule has 0 radical (unpaired) electrons. The van der Waals surface area contributed by atoms with Gasteiger partial charge in [-0.25, -0.2) is 0 Å². The van der Waals surface area contributed by atoms with Gasteiger partial charge in [0.1, 0.15) is 0 Å². The Labute approximate surface area is 136 Å². The lowest BCUT2D eigenvalue weighted by atomic mass is 10.0. The molecule has 0 aliphatic heterocycles. The Balaban J connectivity index is 2.42. The Morgan fingerprint density at radius 2 is 1.76 bits per heavy atom. The summed E-state index contributed by atoms with van der Waals surface area (Å²) in [6.45, 7) is 10.2. The van der Waals surface area contributed by atoms with E-state index in [2.05, 4.69) is 57.3 Å². The van der Waals surface area contributed by atoms with E-state index in [0.29, 0.717) is 6.04 Å². The Kier molecular flexibility index (Phi) is 9.86. The molecule has 21 heavy (non-hydrogen) atoms. The molecule has 0 amide bonds. The van der Waals surface area contributed by atoms with E-state index in [4.69, 9.17) is 0 Å². The molecule has 120 valence electrons. The van der Waals surface area contributed by atoms with Gasteiger partial charge in [0.25, 0.3) is 0 Å². The summed E-state index contributed by atoms with van der Waals surface area (Å²) in [5, 5.41) is 3.54. The van der Waals surface area contributed by atoms with Crippen molar-refractivity contribution in [1.82, 2.24) is 5.32 Å². The molecule has 0 saturated heterocycles. The van der Waals surface area contributed by atoms with Crippen LogP contribution in [-0.2, 0) is 0 Å². The maximum Gasteiger partial charge on any atom is 0.0291 e. The molecule has 0 bridgehead atoms. The fourth-order valence-electron chi connectivity index (χ4n) is 2.44. The lowest BCUT2D eigenvalue weighted by molar-refractivity contribution is 0.499. The minimum atomic E-state index is 0.456. The number of thioether (sulfide) groups is 1. The van der Waals surface area contributed by atoms with Gasteiger partial charge < -0.3 is 5.32 Å². The molecule has 1 aromatic rings. The van der Waals surface area contributed by atoms with Crippen molar-refractivity contribution in [3.05, 3.63) is 29.8 Å². The fourth-order valence-corrected chi connectivity index (χ4v) is 3.60. The van der Waals surface area contributed by atoms with Gasteiger partial charge in [0, 0.05) is 16.7 Å². The van der Waals surface area contributed by atoms with Gasteiger partial charge >= 0.3 is 0 Å². The van der Waals surface area contributed by atoms with Crippen molar-refractivity contribution in [2.24, 2.45) is 5.92 Å². The number of unbranched alkanes of at least 4 members (excludes halogenated alkanes) is 1. The smallest absolute Gasteiger partial charge is 0.0291 e. The molecular formula is C19H33NS. The summed E-state index contributed by atoms with van der Waals surface area (Å²) in [6, 6.07) is 9.59. The van der Waals surface area contributed by atoms with Crippen LogP contribution in [0.15, 0.2) is 29.2 Å². The molecule has 0 heterocycles. The minimum Gasteiger partial charge on any atom is -0.310 e. The van der Waals surface area contributed by atoms with Crippen molar-refractivity contribution < 1.29 is 0 Å². The first kappa shape index (κ1) is 18.6. The van der Waals surface area contributed by atoms with Gasteiger partial charge in [0.15, 0.2) is 0 Å². The summed E-state index contributed by atoms with van der Waals surface area (Å²) in [5.41, 5.74) is 1.39. The number of benzene rings is 1. The second-order valence-electron chi connectivity index (χ2n) is 5.97. The minimum absolute atomic E-state index is 0.456. The lowest BCUT2D eigenvalue weighted by Crippen LogP contribution is -2.19. The third kappa shape index (κ3) is 7.37. The van der Waals surface area contributed by atoms with Crippen molar-refractivity contribution in [2.45, 2.75) is 70.7 Å². The first-order valence-corrected chi connectivity index (χ1v) is 9.65. The Morgan fingerprint density at radius 3 is 2.33 bits per heavy atom. The number of hydrogen-bond acceptors (Lipinski definition) is 2. The van der Waals surface area contributed by atoms with Gasteiger partial charge in [0.2, 0.25) is 0 Å². The second kappa shape index (κ2) is 11.1. The summed E-state index contributed by atoms with van der Waals surface area (Å²) in [4.78, 5) is 1.41. The van der Waals surface area contributed by atoms with E-state index >= 15 is 0 Å². The predicted octanol–water partition coefficient (Wildman–Crippen LogP) is 6.06. The van der Waals surface area contributed by atoms with Crippen LogP contribution in [0.4, 0.5) is 0 Å². The third-order valence-electron chi connectivity index (χ3n) is 4.11. The fraction of sp³-hybridized carbons (Fsp3) is 0.684. The maximum atomic E-state index is 3.54. The van der Waals surface area contributed by atoms with Gasteiger partial charge in [0.05, 0.1) is 0 Å². The van der Waals surface area contributed by atoms with E-state index < -0.39 is 0 Å². The zero-order chi connectivity index (χ0) is 15.5. The zero-order valence-electron chi connectivity index (χ0n) is 14.3. The third-order valence-corrected chi connectivity index (χ3v) is 5.35. The topological polar surface area (TPSA) is 12.0 Å². The average Bonchev–Trinajstić information content (AvgIpc) is 2.53. The van der Waals surface area contributed by atoms with Crippen LogP contribution in [0.5, 0.6) is 0 Å². The molecule has 0 aliphatic carbocycles. The molecule has 0 aromatic heterocycles. The first-order valence-electron chi connectivity index (χ1n) is 8.67. The number of rotatable bonds is 11. The highest BCUT2D eigenvalue weighted by molar-refractivity contribution is 7.99. The molecule has 0 saturated carbocycles. The molecule has 1 aromatic carbocycles. The Hall–Kier alpha value is -0.470. The SMILES string of the molecule is CCCCC(CC)CSc1ccc(C(C)NCCC)cc1. The summed E-state index contributed by atoms with van der Waals surface area (Å²) in [5.74, 6) is 2.14. The quantitative estimate of drug-likeness (QED) is 0.499. The molecule has 2 heteroatoms. The van der Waals surface area contributed by atoms with Gasteiger partial charge in [-0.15, -0.1) is 11.8 Å². The molecule has 1 rings (SSSR count). The maximum absolute atomic E-state index is 3.54. The van der Waals surface area contributed by atoms with E-state index in [9.17, 15) is 0 Å². The van der Waals surface area contributed by atoms with Crippen LogP contribution >= 0.6 is 11.8 Å². The second-order valence-corrected chi connectivity index (χ2v) is 7.07. The number of nitrogens with one attached hydrogen (secondary N) is 1. The van der Waals surface area contributed by atoms with E-state index in [0.717, 1.165) is 12.5 Å². The van der Waals surface area contributed by atoms with Crippen molar-refractivity contribution in [3.8, 4) is 0 Å². The molecule has 0 aliphatic rings. The first-order chi connectivity index (χ1) is 10.2. The average molecular weight is 308 g/mol. The van der Waals surface area contributed by atoms with Crippen molar-refractivity contribution in [3.63, 3.8) is 0 Å². The van der Waals surface area contributed by atoms with Crippen LogP contribution in [0.2, 0.25) is 0 Å². The van der Waals surface area contributed by atoms with Gasteiger partial charge in [-0.1, -0.05) is 52.2 Å². The summed E-state index contributed by atoms with van der Waals surface area (Å²) in [6.07, 6.45) is 6.57. The van der Waals surface area contributed by atoms with Crippen LogP contribution in [-0.4, -0.2) is 12.3 Å². The molecular weight excluding hydrogens is 274 g/mol. The molecule has 1 nitrogen and oxygen atoms in total. The van der Waals surface area contributed by atoms with E-state index in [-0.39, 0.29) is 0 Å². The number of hydrogen-bond donors (Lipinski definition) is 1. The van der Waals surface area contributed by atoms with Crippen molar-refractivity contribution in [1.29, 1.82) is 0 Å². The lowest BCUT2D eigenvalue weighted by Gasteiger charge is -2.15. The highest BCUT2D eigenvalue weighted by Gasteiger charge is 2.08. The van der Waals surface area contributed by atoms with E-state index in [1.807, 2.05) is 11.8 Å². The summed E-state index contributed by atoms with van der Waals surface area (Å²) in [7, 11) is 0. The van der Waals surface area contributed by atoms with Gasteiger partial charge in [-0.3, -0.25) is 0 Å². The Bertz CT molecular complexity index is 360. The van der Waals surface area contributed by atoms with Crippen molar-refractivity contribution in [2.75, 3.05) is 12.3 Å². The monoisotopic (exact) mass is 307 g/mol.